The van der Waals surface area contributed by atoms with Crippen molar-refractivity contribution in [1.82, 2.24) is 4.90 Å². The molecule has 61 heavy (non-hydrogen) atoms. The SMILES string of the molecule is COc1ccc(CN(C)C(=O)CC(CC(=O)O)c2ccc(Cl)c(Cl)c2)cc1F.O=C(O)CC(CC(=O)OC(=O)CC(CC(=O)O)c1ccc(Cl)c(Cl)c1)c1ccc(Cl)c(Cl)c1. The number of methoxy groups -OCH3 is 1. The van der Waals surface area contributed by atoms with Gasteiger partial charge in [0.2, 0.25) is 5.91 Å². The molecule has 0 aliphatic carbocycles. The van der Waals surface area contributed by atoms with Crippen LogP contribution in [-0.2, 0) is 40.0 Å². The van der Waals surface area contributed by atoms with Crippen LogP contribution in [-0.4, -0.2) is 70.1 Å². The van der Waals surface area contributed by atoms with E-state index in [-0.39, 0.29) is 51.1 Å². The van der Waals surface area contributed by atoms with Gasteiger partial charge in [0.25, 0.3) is 0 Å². The van der Waals surface area contributed by atoms with Gasteiger partial charge in [-0.1, -0.05) is 93.9 Å². The Morgan fingerprint density at radius 3 is 1.26 bits per heavy atom. The van der Waals surface area contributed by atoms with Gasteiger partial charge < -0.3 is 29.7 Å². The first-order valence-electron chi connectivity index (χ1n) is 18.0. The minimum Gasteiger partial charge on any atom is -0.494 e. The molecule has 0 bridgehead atoms. The van der Waals surface area contributed by atoms with Crippen LogP contribution in [0.2, 0.25) is 30.1 Å². The van der Waals surface area contributed by atoms with Gasteiger partial charge >= 0.3 is 29.8 Å². The minimum absolute atomic E-state index is 0.0284. The molecule has 3 N–H and O–H groups in total. The van der Waals surface area contributed by atoms with Crippen molar-refractivity contribution in [2.24, 2.45) is 0 Å². The third kappa shape index (κ3) is 16.6. The smallest absolute Gasteiger partial charge is 0.314 e. The van der Waals surface area contributed by atoms with Gasteiger partial charge in [-0.15, -0.1) is 0 Å². The van der Waals surface area contributed by atoms with Crippen molar-refractivity contribution < 1.29 is 58.0 Å². The van der Waals surface area contributed by atoms with E-state index in [0.717, 1.165) is 0 Å². The molecule has 1 amide bonds. The third-order valence-corrected chi connectivity index (χ3v) is 11.3. The highest BCUT2D eigenvalue weighted by molar-refractivity contribution is 6.43. The Labute approximate surface area is 380 Å². The molecule has 0 aliphatic heterocycles. The largest absolute Gasteiger partial charge is 0.494 e. The van der Waals surface area contributed by atoms with E-state index in [0.29, 0.717) is 32.3 Å². The normalized spacial score (nSPS) is 12.2. The van der Waals surface area contributed by atoms with E-state index in [1.807, 2.05) is 0 Å². The molecule has 326 valence electrons. The molecule has 3 atom stereocenters. The summed E-state index contributed by atoms with van der Waals surface area (Å²) in [5, 5.41) is 29.1. The van der Waals surface area contributed by atoms with Crippen LogP contribution in [0.15, 0.2) is 72.8 Å². The second-order valence-corrected chi connectivity index (χ2v) is 16.0. The summed E-state index contributed by atoms with van der Waals surface area (Å²) in [6.07, 6.45) is -1.90. The summed E-state index contributed by atoms with van der Waals surface area (Å²) >= 11 is 35.6. The number of benzene rings is 4. The van der Waals surface area contributed by atoms with Crippen LogP contribution in [0.1, 0.15) is 78.5 Å². The number of nitrogens with zero attached hydrogens (tertiary/aromatic N) is 1. The van der Waals surface area contributed by atoms with Crippen molar-refractivity contribution in [3.8, 4) is 5.75 Å². The lowest BCUT2D eigenvalue weighted by Gasteiger charge is -2.22. The first-order valence-corrected chi connectivity index (χ1v) is 20.2. The number of rotatable bonds is 18. The standard InChI is InChI=1S/C22H18Cl4O7.C20H20Cl2FNO4/c23-15-3-1-11(5-17(15)25)13(7-19(27)28)9-21(31)33-22(32)10-14(8-20(29)30)12-2-4-16(24)18(26)6-12;1-24(11-12-3-6-18(28-2)17(23)7-12)19(25)9-14(10-20(26)27)13-4-5-15(21)16(22)8-13/h1-6,13-14H,7-10H2,(H,27,28)(H,29,30);3-8,14H,9-11H2,1-2H3,(H,26,27). The van der Waals surface area contributed by atoms with Gasteiger partial charge in [0.15, 0.2) is 11.6 Å². The lowest BCUT2D eigenvalue weighted by molar-refractivity contribution is -0.160. The van der Waals surface area contributed by atoms with Crippen molar-refractivity contribution in [2.75, 3.05) is 14.2 Å². The van der Waals surface area contributed by atoms with Crippen LogP contribution < -0.4 is 4.74 Å². The monoisotopic (exact) mass is 961 g/mol. The molecule has 3 unspecified atom stereocenters. The van der Waals surface area contributed by atoms with E-state index in [1.165, 1.54) is 60.5 Å². The van der Waals surface area contributed by atoms with Gasteiger partial charge in [-0.3, -0.25) is 28.8 Å². The number of esters is 2. The summed E-state index contributed by atoms with van der Waals surface area (Å²) in [7, 11) is 2.95. The van der Waals surface area contributed by atoms with Crippen LogP contribution in [0.25, 0.3) is 0 Å². The fourth-order valence-electron chi connectivity index (χ4n) is 6.00. The highest BCUT2D eigenvalue weighted by atomic mass is 35.5. The average molecular weight is 964 g/mol. The summed E-state index contributed by atoms with van der Waals surface area (Å²) in [5.74, 6) is -8.12. The maximum absolute atomic E-state index is 13.8. The Kier molecular flexibility index (Phi) is 20.1. The summed E-state index contributed by atoms with van der Waals surface area (Å²) in [4.78, 5) is 72.5. The highest BCUT2D eigenvalue weighted by Crippen LogP contribution is 2.34. The van der Waals surface area contributed by atoms with Gasteiger partial charge in [0.05, 0.1) is 69.3 Å². The molecule has 0 spiro atoms. The van der Waals surface area contributed by atoms with Crippen molar-refractivity contribution in [2.45, 2.75) is 62.8 Å². The zero-order valence-corrected chi connectivity index (χ0v) is 36.8. The Morgan fingerprint density at radius 1 is 0.557 bits per heavy atom. The van der Waals surface area contributed by atoms with Crippen molar-refractivity contribution in [3.05, 3.63) is 131 Å². The van der Waals surface area contributed by atoms with Crippen LogP contribution in [0.4, 0.5) is 4.39 Å². The lowest BCUT2D eigenvalue weighted by atomic mass is 9.92. The van der Waals surface area contributed by atoms with E-state index < -0.39 is 79.1 Å². The number of ether oxygens (including phenoxy) is 2. The van der Waals surface area contributed by atoms with Gasteiger partial charge in [-0.25, -0.2) is 4.39 Å². The highest BCUT2D eigenvalue weighted by Gasteiger charge is 2.26. The van der Waals surface area contributed by atoms with E-state index in [1.54, 1.807) is 31.3 Å². The van der Waals surface area contributed by atoms with E-state index >= 15 is 0 Å². The molecule has 0 radical (unpaired) electrons. The first-order chi connectivity index (χ1) is 28.7. The second kappa shape index (κ2) is 24.1. The van der Waals surface area contributed by atoms with E-state index in [2.05, 4.69) is 0 Å². The molecule has 0 fully saturated rings. The molecular formula is C42H38Cl6FNO11. The number of carboxylic acids is 3. The number of carboxylic acid groups (broad SMARTS) is 3. The minimum atomic E-state index is -1.16. The van der Waals surface area contributed by atoms with Crippen LogP contribution in [0.5, 0.6) is 5.75 Å². The topological polar surface area (TPSA) is 185 Å². The molecular weight excluding hydrogens is 926 g/mol. The predicted molar refractivity (Wildman–Crippen MR) is 229 cm³/mol. The number of carbonyl (C=O) groups is 6. The van der Waals surface area contributed by atoms with Crippen LogP contribution in [0, 0.1) is 5.82 Å². The average Bonchev–Trinajstić information content (AvgIpc) is 3.17. The molecule has 4 aromatic rings. The van der Waals surface area contributed by atoms with Crippen molar-refractivity contribution in [3.63, 3.8) is 0 Å². The second-order valence-electron chi connectivity index (χ2n) is 13.6. The number of hydrogen-bond acceptors (Lipinski definition) is 8. The quantitative estimate of drug-likeness (QED) is 0.0637. The molecule has 12 nitrogen and oxygen atoms in total. The maximum atomic E-state index is 13.8. The zero-order chi connectivity index (χ0) is 45.6. The van der Waals surface area contributed by atoms with Gasteiger partial charge in [0, 0.05) is 37.8 Å². The van der Waals surface area contributed by atoms with Gasteiger partial charge in [-0.05, 0) is 70.8 Å². The molecule has 0 aliphatic rings. The maximum Gasteiger partial charge on any atom is 0.314 e. The molecule has 19 heteroatoms. The Morgan fingerprint density at radius 2 is 0.934 bits per heavy atom. The van der Waals surface area contributed by atoms with Crippen LogP contribution >= 0.6 is 69.6 Å². The first kappa shape index (κ1) is 50.7. The summed E-state index contributed by atoms with van der Waals surface area (Å²) in [6, 6.07) is 18.2. The van der Waals surface area contributed by atoms with Gasteiger partial charge in [0.1, 0.15) is 0 Å². The van der Waals surface area contributed by atoms with E-state index in [9.17, 15) is 48.5 Å². The molecule has 0 saturated heterocycles. The molecule has 0 saturated carbocycles. The Balaban J connectivity index is 0.000000330. The molecule has 0 aromatic heterocycles. The summed E-state index contributed by atoms with van der Waals surface area (Å²) in [6.45, 7) is 0.181. The number of carbonyl (C=O) groups excluding carboxylic acids is 3. The number of aliphatic carboxylic acids is 3. The molecule has 0 heterocycles. The fourth-order valence-corrected chi connectivity index (χ4v) is 6.92. The lowest BCUT2D eigenvalue weighted by Crippen LogP contribution is -2.28. The zero-order valence-electron chi connectivity index (χ0n) is 32.3. The Bertz CT molecular complexity index is 2180. The summed E-state index contributed by atoms with van der Waals surface area (Å²) < 4.78 is 23.6. The number of amides is 1. The van der Waals surface area contributed by atoms with E-state index in [4.69, 9.17) is 79.1 Å². The third-order valence-electron chi connectivity index (χ3n) is 9.04. The fraction of sp³-hybridized carbons (Fsp3) is 0.286. The van der Waals surface area contributed by atoms with Crippen molar-refractivity contribution >= 4 is 105 Å². The number of halogens is 7. The number of hydrogen-bond donors (Lipinski definition) is 3. The molecule has 4 aromatic carbocycles. The Hall–Kier alpha value is -4.63. The summed E-state index contributed by atoms with van der Waals surface area (Å²) in [5.41, 5.74) is 2.10. The predicted octanol–water partition coefficient (Wildman–Crippen LogP) is 10.7. The van der Waals surface area contributed by atoms with Crippen molar-refractivity contribution in [1.29, 1.82) is 0 Å². The van der Waals surface area contributed by atoms with Gasteiger partial charge in [-0.2, -0.15) is 0 Å². The molecule has 4 rings (SSSR count). The van der Waals surface area contributed by atoms with Crippen LogP contribution in [0.3, 0.4) is 0 Å².